The first-order valence-corrected chi connectivity index (χ1v) is 11.8. The van der Waals surface area contributed by atoms with Crippen LogP contribution in [-0.2, 0) is 19.6 Å². The number of nitrogens with zero attached hydrogens (tertiary/aromatic N) is 3. The van der Waals surface area contributed by atoms with Crippen molar-refractivity contribution < 1.29 is 18.0 Å². The van der Waals surface area contributed by atoms with Crippen LogP contribution in [-0.4, -0.2) is 80.2 Å². The molecular weight excluding hydrogens is 392 g/mol. The van der Waals surface area contributed by atoms with Gasteiger partial charge in [-0.3, -0.25) is 14.5 Å². The number of benzene rings is 1. The molecule has 2 heterocycles. The van der Waals surface area contributed by atoms with Crippen LogP contribution in [0.2, 0.25) is 0 Å². The van der Waals surface area contributed by atoms with Gasteiger partial charge >= 0.3 is 0 Å². The largest absolute Gasteiger partial charge is 0.340 e. The average molecular weight is 421 g/mol. The van der Waals surface area contributed by atoms with E-state index in [4.69, 9.17) is 0 Å². The van der Waals surface area contributed by atoms with Crippen molar-refractivity contribution in [1.82, 2.24) is 14.1 Å². The van der Waals surface area contributed by atoms with Crippen LogP contribution in [0.25, 0.3) is 0 Å². The van der Waals surface area contributed by atoms with Gasteiger partial charge in [-0.25, -0.2) is 8.42 Å². The minimum Gasteiger partial charge on any atom is -0.340 e. The predicted molar refractivity (Wildman–Crippen MR) is 109 cm³/mol. The van der Waals surface area contributed by atoms with Crippen LogP contribution >= 0.6 is 0 Å². The molecule has 3 fully saturated rings. The average Bonchev–Trinajstić information content (AvgIpc) is 3.41. The van der Waals surface area contributed by atoms with E-state index >= 15 is 0 Å². The standard InChI is InChI=1S/C20H28N4O4S/c25-19(15-22-10-12-23(13-11-22)20(26)16-6-7-16)21-17-4-3-5-18(14-17)29(27,28)24-8-1-2-9-24/h3-5,14,16H,1-2,6-13,15H2,(H,21,25). The minimum atomic E-state index is -3.51. The van der Waals surface area contributed by atoms with E-state index in [1.807, 2.05) is 9.80 Å². The molecule has 0 atom stereocenters. The summed E-state index contributed by atoms with van der Waals surface area (Å²) in [6, 6.07) is 6.45. The molecule has 1 saturated carbocycles. The molecule has 158 valence electrons. The topological polar surface area (TPSA) is 90.0 Å². The van der Waals surface area contributed by atoms with Crippen molar-refractivity contribution in [1.29, 1.82) is 0 Å². The van der Waals surface area contributed by atoms with E-state index in [1.54, 1.807) is 18.2 Å². The van der Waals surface area contributed by atoms with Gasteiger partial charge in [-0.05, 0) is 43.9 Å². The molecule has 1 N–H and O–H groups in total. The number of hydrogen-bond acceptors (Lipinski definition) is 5. The summed E-state index contributed by atoms with van der Waals surface area (Å²) >= 11 is 0. The lowest BCUT2D eigenvalue weighted by Gasteiger charge is -2.34. The van der Waals surface area contributed by atoms with Gasteiger partial charge < -0.3 is 10.2 Å². The lowest BCUT2D eigenvalue weighted by Crippen LogP contribution is -2.50. The molecule has 8 nitrogen and oxygen atoms in total. The van der Waals surface area contributed by atoms with Crippen molar-refractivity contribution in [2.45, 2.75) is 30.6 Å². The number of amides is 2. The van der Waals surface area contributed by atoms with Crippen molar-refractivity contribution in [3.05, 3.63) is 24.3 Å². The second kappa shape index (κ2) is 8.41. The maximum Gasteiger partial charge on any atom is 0.243 e. The molecule has 0 spiro atoms. The molecule has 2 amide bonds. The van der Waals surface area contributed by atoms with Gasteiger partial charge in [0.25, 0.3) is 0 Å². The molecule has 3 aliphatic rings. The van der Waals surface area contributed by atoms with Gasteiger partial charge in [-0.15, -0.1) is 0 Å². The predicted octanol–water partition coefficient (Wildman–Crippen LogP) is 0.964. The molecule has 0 aromatic heterocycles. The van der Waals surface area contributed by atoms with Gasteiger partial charge in [0.1, 0.15) is 0 Å². The van der Waals surface area contributed by atoms with Gasteiger partial charge in [0, 0.05) is 50.9 Å². The highest BCUT2D eigenvalue weighted by atomic mass is 32.2. The summed E-state index contributed by atoms with van der Waals surface area (Å²) < 4.78 is 26.9. The van der Waals surface area contributed by atoms with Crippen LogP contribution in [0.5, 0.6) is 0 Å². The lowest BCUT2D eigenvalue weighted by atomic mass is 10.2. The zero-order valence-corrected chi connectivity index (χ0v) is 17.4. The Balaban J connectivity index is 1.30. The van der Waals surface area contributed by atoms with Crippen LogP contribution < -0.4 is 5.32 Å². The fourth-order valence-electron chi connectivity index (χ4n) is 3.93. The number of piperazine rings is 1. The Labute approximate surface area is 171 Å². The van der Waals surface area contributed by atoms with E-state index in [2.05, 4.69) is 5.32 Å². The number of nitrogens with one attached hydrogen (secondary N) is 1. The zero-order chi connectivity index (χ0) is 20.4. The number of hydrogen-bond donors (Lipinski definition) is 1. The fraction of sp³-hybridized carbons (Fsp3) is 0.600. The number of carbonyl (C=O) groups excluding carboxylic acids is 2. The van der Waals surface area contributed by atoms with E-state index < -0.39 is 10.0 Å². The third-order valence-corrected chi connectivity index (χ3v) is 7.69. The first-order valence-electron chi connectivity index (χ1n) is 10.3. The SMILES string of the molecule is O=C(CN1CCN(C(=O)C2CC2)CC1)Nc1cccc(S(=O)(=O)N2CCCC2)c1. The highest BCUT2D eigenvalue weighted by Crippen LogP contribution is 2.31. The normalized spacial score (nSPS) is 21.3. The van der Waals surface area contributed by atoms with Crippen molar-refractivity contribution in [2.24, 2.45) is 5.92 Å². The minimum absolute atomic E-state index is 0.178. The monoisotopic (exact) mass is 420 g/mol. The van der Waals surface area contributed by atoms with Gasteiger partial charge in [0.05, 0.1) is 11.4 Å². The molecule has 1 aliphatic carbocycles. The van der Waals surface area contributed by atoms with E-state index in [-0.39, 0.29) is 29.2 Å². The molecule has 1 aromatic rings. The van der Waals surface area contributed by atoms with Crippen LogP contribution in [0.3, 0.4) is 0 Å². The molecule has 0 bridgehead atoms. The van der Waals surface area contributed by atoms with E-state index in [0.29, 0.717) is 45.0 Å². The van der Waals surface area contributed by atoms with Crippen molar-refractivity contribution >= 4 is 27.5 Å². The summed E-state index contributed by atoms with van der Waals surface area (Å²) in [5.41, 5.74) is 0.484. The first-order chi connectivity index (χ1) is 13.9. The molecule has 0 radical (unpaired) electrons. The molecule has 9 heteroatoms. The molecule has 29 heavy (non-hydrogen) atoms. The van der Waals surface area contributed by atoms with Gasteiger partial charge in [-0.2, -0.15) is 4.31 Å². The summed E-state index contributed by atoms with van der Waals surface area (Å²) in [4.78, 5) is 28.7. The maximum absolute atomic E-state index is 12.7. The van der Waals surface area contributed by atoms with Gasteiger partial charge in [-0.1, -0.05) is 6.07 Å². The van der Waals surface area contributed by atoms with Gasteiger partial charge in [0.15, 0.2) is 0 Å². The Morgan fingerprint density at radius 3 is 2.34 bits per heavy atom. The summed E-state index contributed by atoms with van der Waals surface area (Å²) in [6.45, 7) is 4.00. The van der Waals surface area contributed by atoms with Crippen LogP contribution in [0.15, 0.2) is 29.2 Å². The third kappa shape index (κ3) is 4.79. The fourth-order valence-corrected chi connectivity index (χ4v) is 5.49. The second-order valence-corrected chi connectivity index (χ2v) is 10.0. The van der Waals surface area contributed by atoms with E-state index in [9.17, 15) is 18.0 Å². The number of anilines is 1. The van der Waals surface area contributed by atoms with Crippen LogP contribution in [0, 0.1) is 5.92 Å². The Bertz CT molecular complexity index is 870. The maximum atomic E-state index is 12.7. The Morgan fingerprint density at radius 2 is 1.69 bits per heavy atom. The Morgan fingerprint density at radius 1 is 1.00 bits per heavy atom. The molecular formula is C20H28N4O4S. The van der Waals surface area contributed by atoms with Crippen LogP contribution in [0.1, 0.15) is 25.7 Å². The second-order valence-electron chi connectivity index (χ2n) is 8.06. The Hall–Kier alpha value is -1.97. The van der Waals surface area contributed by atoms with E-state index in [0.717, 1.165) is 25.7 Å². The molecule has 0 unspecified atom stereocenters. The van der Waals surface area contributed by atoms with Crippen molar-refractivity contribution in [3.8, 4) is 0 Å². The molecule has 4 rings (SSSR count). The summed E-state index contributed by atoms with van der Waals surface area (Å²) in [5.74, 6) is 0.307. The number of sulfonamides is 1. The lowest BCUT2D eigenvalue weighted by molar-refractivity contribution is -0.134. The number of carbonyl (C=O) groups is 2. The van der Waals surface area contributed by atoms with Crippen molar-refractivity contribution in [3.63, 3.8) is 0 Å². The zero-order valence-electron chi connectivity index (χ0n) is 16.5. The highest BCUT2D eigenvalue weighted by molar-refractivity contribution is 7.89. The number of rotatable bonds is 6. The van der Waals surface area contributed by atoms with Crippen molar-refractivity contribution in [2.75, 3.05) is 51.1 Å². The first kappa shape index (κ1) is 20.3. The molecule has 1 aromatic carbocycles. The van der Waals surface area contributed by atoms with Gasteiger partial charge in [0.2, 0.25) is 21.8 Å². The summed E-state index contributed by atoms with van der Waals surface area (Å²) in [7, 11) is -3.51. The molecule has 2 aliphatic heterocycles. The summed E-state index contributed by atoms with van der Waals surface area (Å²) in [6.07, 6.45) is 3.78. The summed E-state index contributed by atoms with van der Waals surface area (Å²) in [5, 5.41) is 2.81. The Kier molecular flexibility index (Phi) is 5.89. The quantitative estimate of drug-likeness (QED) is 0.741. The molecule has 2 saturated heterocycles. The third-order valence-electron chi connectivity index (χ3n) is 5.80. The van der Waals surface area contributed by atoms with Crippen LogP contribution in [0.4, 0.5) is 5.69 Å². The smallest absolute Gasteiger partial charge is 0.243 e. The van der Waals surface area contributed by atoms with E-state index in [1.165, 1.54) is 10.4 Å². The highest BCUT2D eigenvalue weighted by Gasteiger charge is 2.34.